The zero-order valence-corrected chi connectivity index (χ0v) is 19.5. The van der Waals surface area contributed by atoms with E-state index in [0.29, 0.717) is 19.7 Å². The Balaban J connectivity index is 1.63. The Hall–Kier alpha value is -3.32. The van der Waals surface area contributed by atoms with Gasteiger partial charge in [0.25, 0.3) is 0 Å². The maximum atomic E-state index is 13.3. The average Bonchev–Trinajstić information content (AvgIpc) is 3.35. The van der Waals surface area contributed by atoms with Crippen LogP contribution in [0.2, 0.25) is 0 Å². The number of hydrogen-bond donors (Lipinski definition) is 1. The van der Waals surface area contributed by atoms with Crippen LogP contribution < -0.4 is 14.8 Å². The van der Waals surface area contributed by atoms with E-state index in [1.807, 2.05) is 48.5 Å². The number of benzene rings is 2. The summed E-state index contributed by atoms with van der Waals surface area (Å²) in [7, 11) is 3.22. The van der Waals surface area contributed by atoms with Crippen molar-refractivity contribution in [3.8, 4) is 11.5 Å². The Morgan fingerprint density at radius 2 is 1.91 bits per heavy atom. The van der Waals surface area contributed by atoms with Crippen LogP contribution in [0.5, 0.6) is 11.5 Å². The SMILES string of the molecule is COc1ccc(/C=C/C(=O)NC(C)C(=O)N(Cc2cccc(OC)c2)CC2CCCO2)cc1. The van der Waals surface area contributed by atoms with Gasteiger partial charge in [0.2, 0.25) is 11.8 Å². The van der Waals surface area contributed by atoms with Crippen LogP contribution in [0, 0.1) is 0 Å². The van der Waals surface area contributed by atoms with Crippen LogP contribution in [0.4, 0.5) is 0 Å². The molecule has 1 saturated heterocycles. The molecule has 0 bridgehead atoms. The molecule has 0 spiro atoms. The summed E-state index contributed by atoms with van der Waals surface area (Å²) in [5.41, 5.74) is 1.82. The molecule has 2 amide bonds. The molecule has 0 saturated carbocycles. The number of amides is 2. The second kappa shape index (κ2) is 12.1. The van der Waals surface area contributed by atoms with Gasteiger partial charge in [-0.05, 0) is 61.2 Å². The number of nitrogens with zero attached hydrogens (tertiary/aromatic N) is 1. The lowest BCUT2D eigenvalue weighted by atomic mass is 10.1. The van der Waals surface area contributed by atoms with Crippen molar-refractivity contribution in [3.63, 3.8) is 0 Å². The molecule has 3 rings (SSSR count). The number of carbonyl (C=O) groups is 2. The molecule has 1 heterocycles. The fraction of sp³-hybridized carbons (Fsp3) is 0.385. The van der Waals surface area contributed by atoms with Crippen molar-refractivity contribution in [2.45, 2.75) is 38.5 Å². The number of nitrogens with one attached hydrogen (secondary N) is 1. The van der Waals surface area contributed by atoms with Crippen molar-refractivity contribution in [2.24, 2.45) is 0 Å². The highest BCUT2D eigenvalue weighted by Crippen LogP contribution is 2.18. The molecule has 1 N–H and O–H groups in total. The molecule has 1 aliphatic heterocycles. The maximum Gasteiger partial charge on any atom is 0.245 e. The Labute approximate surface area is 195 Å². The van der Waals surface area contributed by atoms with Crippen LogP contribution in [-0.2, 0) is 20.9 Å². The summed E-state index contributed by atoms with van der Waals surface area (Å²) in [6.07, 6.45) is 5.06. The number of carbonyl (C=O) groups excluding carboxylic acids is 2. The molecule has 2 unspecified atom stereocenters. The summed E-state index contributed by atoms with van der Waals surface area (Å²) in [6.45, 7) is 3.32. The van der Waals surface area contributed by atoms with E-state index in [1.54, 1.807) is 32.1 Å². The van der Waals surface area contributed by atoms with E-state index in [-0.39, 0.29) is 17.9 Å². The predicted octanol–water partition coefficient (Wildman–Crippen LogP) is 3.43. The predicted molar refractivity (Wildman–Crippen MR) is 127 cm³/mol. The van der Waals surface area contributed by atoms with Crippen molar-refractivity contribution in [1.82, 2.24) is 10.2 Å². The van der Waals surface area contributed by atoms with Gasteiger partial charge in [-0.2, -0.15) is 0 Å². The molecular formula is C26H32N2O5. The van der Waals surface area contributed by atoms with E-state index in [2.05, 4.69) is 5.32 Å². The fourth-order valence-corrected chi connectivity index (χ4v) is 3.74. The van der Waals surface area contributed by atoms with Crippen molar-refractivity contribution in [1.29, 1.82) is 0 Å². The molecule has 2 atom stereocenters. The van der Waals surface area contributed by atoms with Gasteiger partial charge in [0.15, 0.2) is 0 Å². The number of hydrogen-bond acceptors (Lipinski definition) is 5. The van der Waals surface area contributed by atoms with E-state index in [1.165, 1.54) is 6.08 Å². The van der Waals surface area contributed by atoms with Crippen LogP contribution in [0.3, 0.4) is 0 Å². The summed E-state index contributed by atoms with van der Waals surface area (Å²) in [4.78, 5) is 27.4. The van der Waals surface area contributed by atoms with E-state index in [4.69, 9.17) is 14.2 Å². The lowest BCUT2D eigenvalue weighted by Gasteiger charge is -2.28. The number of rotatable bonds is 10. The van der Waals surface area contributed by atoms with Gasteiger partial charge in [-0.15, -0.1) is 0 Å². The highest BCUT2D eigenvalue weighted by Gasteiger charge is 2.26. The van der Waals surface area contributed by atoms with Crippen molar-refractivity contribution in [3.05, 3.63) is 65.7 Å². The first-order valence-corrected chi connectivity index (χ1v) is 11.1. The lowest BCUT2D eigenvalue weighted by Crippen LogP contribution is -2.48. The van der Waals surface area contributed by atoms with Gasteiger partial charge < -0.3 is 24.4 Å². The molecule has 0 aromatic heterocycles. The van der Waals surface area contributed by atoms with Crippen molar-refractivity contribution < 1.29 is 23.8 Å². The number of ether oxygens (including phenoxy) is 3. The third-order valence-electron chi connectivity index (χ3n) is 5.54. The molecule has 0 radical (unpaired) electrons. The van der Waals surface area contributed by atoms with E-state index in [9.17, 15) is 9.59 Å². The monoisotopic (exact) mass is 452 g/mol. The first-order valence-electron chi connectivity index (χ1n) is 11.1. The summed E-state index contributed by atoms with van der Waals surface area (Å²) >= 11 is 0. The van der Waals surface area contributed by atoms with Crippen LogP contribution in [0.15, 0.2) is 54.6 Å². The summed E-state index contributed by atoms with van der Waals surface area (Å²) in [5.74, 6) is 1.00. The Kier molecular flexibility index (Phi) is 8.89. The highest BCUT2D eigenvalue weighted by atomic mass is 16.5. The third kappa shape index (κ3) is 7.36. The molecule has 176 valence electrons. The molecule has 0 aliphatic carbocycles. The van der Waals surface area contributed by atoms with Gasteiger partial charge in [0.1, 0.15) is 17.5 Å². The molecular weight excluding hydrogens is 420 g/mol. The normalized spacial score (nSPS) is 16.4. The maximum absolute atomic E-state index is 13.3. The summed E-state index contributed by atoms with van der Waals surface area (Å²) in [6, 6.07) is 14.3. The Morgan fingerprint density at radius 3 is 2.58 bits per heavy atom. The van der Waals surface area contributed by atoms with Crippen LogP contribution in [0.25, 0.3) is 6.08 Å². The van der Waals surface area contributed by atoms with Gasteiger partial charge >= 0.3 is 0 Å². The van der Waals surface area contributed by atoms with E-state index in [0.717, 1.165) is 35.5 Å². The van der Waals surface area contributed by atoms with Crippen LogP contribution >= 0.6 is 0 Å². The minimum atomic E-state index is -0.676. The smallest absolute Gasteiger partial charge is 0.245 e. The molecule has 33 heavy (non-hydrogen) atoms. The second-order valence-corrected chi connectivity index (χ2v) is 8.04. The van der Waals surface area contributed by atoms with Gasteiger partial charge in [-0.3, -0.25) is 9.59 Å². The second-order valence-electron chi connectivity index (χ2n) is 8.04. The lowest BCUT2D eigenvalue weighted by molar-refractivity contribution is -0.137. The molecule has 2 aromatic rings. The summed E-state index contributed by atoms with van der Waals surface area (Å²) < 4.78 is 16.2. The topological polar surface area (TPSA) is 77.1 Å². The Morgan fingerprint density at radius 1 is 1.15 bits per heavy atom. The molecule has 7 nitrogen and oxygen atoms in total. The van der Waals surface area contributed by atoms with E-state index >= 15 is 0 Å². The molecule has 7 heteroatoms. The van der Waals surface area contributed by atoms with Gasteiger partial charge in [0.05, 0.1) is 20.3 Å². The summed E-state index contributed by atoms with van der Waals surface area (Å²) in [5, 5.41) is 2.78. The standard InChI is InChI=1S/C26H32N2O5/c1-19(27-25(29)14-11-20-9-12-22(31-2)13-10-20)26(30)28(18-24-8-5-15-33-24)17-21-6-4-7-23(16-21)32-3/h4,6-7,9-14,16,19,24H,5,8,15,17-18H2,1-3H3,(H,27,29)/b14-11+. The van der Waals surface area contributed by atoms with Gasteiger partial charge in [-0.1, -0.05) is 24.3 Å². The minimum Gasteiger partial charge on any atom is -0.497 e. The zero-order valence-electron chi connectivity index (χ0n) is 19.5. The minimum absolute atomic E-state index is 0.0115. The van der Waals surface area contributed by atoms with Gasteiger partial charge in [-0.25, -0.2) is 0 Å². The molecule has 2 aromatic carbocycles. The van der Waals surface area contributed by atoms with Gasteiger partial charge in [0, 0.05) is 25.8 Å². The average molecular weight is 453 g/mol. The first-order chi connectivity index (χ1) is 16.0. The van der Waals surface area contributed by atoms with Crippen molar-refractivity contribution in [2.75, 3.05) is 27.4 Å². The van der Waals surface area contributed by atoms with Crippen molar-refractivity contribution >= 4 is 17.9 Å². The van der Waals surface area contributed by atoms with Crippen LogP contribution in [-0.4, -0.2) is 56.2 Å². The molecule has 1 fully saturated rings. The number of methoxy groups -OCH3 is 2. The van der Waals surface area contributed by atoms with Crippen LogP contribution in [0.1, 0.15) is 30.9 Å². The Bertz CT molecular complexity index is 951. The third-order valence-corrected chi connectivity index (χ3v) is 5.54. The van der Waals surface area contributed by atoms with E-state index < -0.39 is 6.04 Å². The first kappa shape index (κ1) is 24.3. The quantitative estimate of drug-likeness (QED) is 0.559. The fourth-order valence-electron chi connectivity index (χ4n) is 3.74. The highest BCUT2D eigenvalue weighted by molar-refractivity contribution is 5.95. The zero-order chi connectivity index (χ0) is 23.6. The molecule has 1 aliphatic rings. The largest absolute Gasteiger partial charge is 0.497 e.